The summed E-state index contributed by atoms with van der Waals surface area (Å²) in [5.74, 6) is 0.666. The number of hydrogen-bond donors (Lipinski definition) is 2. The molecule has 25 heavy (non-hydrogen) atoms. The van der Waals surface area contributed by atoms with Gasteiger partial charge in [0, 0.05) is 29.3 Å². The molecule has 0 bridgehead atoms. The van der Waals surface area contributed by atoms with Crippen molar-refractivity contribution in [2.75, 3.05) is 51.5 Å². The number of ether oxygens (including phenoxy) is 1. The van der Waals surface area contributed by atoms with Gasteiger partial charge in [-0.05, 0) is 62.4 Å². The summed E-state index contributed by atoms with van der Waals surface area (Å²) in [6.45, 7) is 2.79. The van der Waals surface area contributed by atoms with Gasteiger partial charge in [-0.1, -0.05) is 12.1 Å². The first-order valence-electron chi connectivity index (χ1n) is 8.23. The van der Waals surface area contributed by atoms with E-state index in [4.69, 9.17) is 10.5 Å². The first-order valence-corrected chi connectivity index (χ1v) is 9.45. The third-order valence-electron chi connectivity index (χ3n) is 3.71. The number of hydrogen-bond acceptors (Lipinski definition) is 6. The predicted octanol–water partition coefficient (Wildman–Crippen LogP) is 3.90. The van der Waals surface area contributed by atoms with Crippen LogP contribution in [0.1, 0.15) is 0 Å². The lowest BCUT2D eigenvalue weighted by Gasteiger charge is -2.31. The van der Waals surface area contributed by atoms with Crippen LogP contribution in [0.4, 0.5) is 11.4 Å². The Morgan fingerprint density at radius 1 is 1.08 bits per heavy atom. The van der Waals surface area contributed by atoms with E-state index in [1.807, 2.05) is 44.4 Å². The van der Waals surface area contributed by atoms with Gasteiger partial charge in [-0.25, -0.2) is 0 Å². The van der Waals surface area contributed by atoms with Crippen molar-refractivity contribution in [1.82, 2.24) is 4.31 Å². The van der Waals surface area contributed by atoms with Crippen LogP contribution in [-0.2, 0) is 4.74 Å². The quantitative estimate of drug-likeness (QED) is 0.470. The minimum Gasteiger partial charge on any atom is -0.397 e. The summed E-state index contributed by atoms with van der Waals surface area (Å²) in [4.78, 5) is 4.45. The second-order valence-electron chi connectivity index (χ2n) is 6.24. The molecule has 0 unspecified atom stereocenters. The second-order valence-corrected chi connectivity index (χ2v) is 8.14. The van der Waals surface area contributed by atoms with Crippen LogP contribution < -0.4 is 10.6 Å². The summed E-state index contributed by atoms with van der Waals surface area (Å²) in [5, 5.41) is 0. The third-order valence-corrected chi connectivity index (χ3v) is 4.86. The summed E-state index contributed by atoms with van der Waals surface area (Å²) in [5.41, 5.74) is 7.84. The lowest BCUT2D eigenvalue weighted by molar-refractivity contribution is -0.0272. The lowest BCUT2D eigenvalue weighted by atomic mass is 10.1. The molecule has 136 valence electrons. The van der Waals surface area contributed by atoms with Crippen molar-refractivity contribution < 1.29 is 4.74 Å². The second kappa shape index (κ2) is 9.97. The number of rotatable bonds is 5. The van der Waals surface area contributed by atoms with Crippen LogP contribution in [-0.4, -0.2) is 45.2 Å². The highest BCUT2D eigenvalue weighted by Crippen LogP contribution is 2.23. The molecule has 0 spiro atoms. The minimum atomic E-state index is 0.666. The van der Waals surface area contributed by atoms with Crippen molar-refractivity contribution in [2.24, 2.45) is 5.92 Å². The molecular weight excluding hydrogens is 350 g/mol. The zero-order valence-electron chi connectivity index (χ0n) is 15.1. The van der Waals surface area contributed by atoms with Crippen molar-refractivity contribution >= 4 is 36.0 Å². The summed E-state index contributed by atoms with van der Waals surface area (Å²) in [7, 11) is 6.13. The maximum absolute atomic E-state index is 5.88. The van der Waals surface area contributed by atoms with Crippen molar-refractivity contribution in [1.29, 1.82) is 0 Å². The highest BCUT2D eigenvalue weighted by molar-refractivity contribution is 7.97. The molecule has 0 radical (unpaired) electrons. The van der Waals surface area contributed by atoms with Crippen LogP contribution in [0.25, 0.3) is 0 Å². The van der Waals surface area contributed by atoms with Crippen molar-refractivity contribution in [3.05, 3.63) is 48.5 Å². The van der Waals surface area contributed by atoms with Crippen LogP contribution in [0.3, 0.4) is 0 Å². The Balaban J connectivity index is 0.000000186. The number of benzene rings is 2. The molecule has 0 aromatic heterocycles. The van der Waals surface area contributed by atoms with Crippen LogP contribution in [0.15, 0.2) is 58.3 Å². The number of thiol groups is 1. The molecule has 0 amide bonds. The van der Waals surface area contributed by atoms with Gasteiger partial charge in [0.15, 0.2) is 0 Å². The normalized spacial score (nSPS) is 13.8. The number of anilines is 2. The summed E-state index contributed by atoms with van der Waals surface area (Å²) in [6, 6.07) is 16.1. The van der Waals surface area contributed by atoms with E-state index in [-0.39, 0.29) is 0 Å². The molecule has 1 fully saturated rings. The average molecular weight is 378 g/mol. The fourth-order valence-corrected chi connectivity index (χ4v) is 3.26. The molecule has 2 aromatic rings. The summed E-state index contributed by atoms with van der Waals surface area (Å²) in [6.07, 6.45) is 0. The molecule has 3 rings (SSSR count). The van der Waals surface area contributed by atoms with Crippen molar-refractivity contribution in [3.63, 3.8) is 0 Å². The molecule has 1 saturated heterocycles. The van der Waals surface area contributed by atoms with Gasteiger partial charge >= 0.3 is 0 Å². The molecule has 1 aliphatic rings. The Hall–Kier alpha value is -1.34. The maximum Gasteiger partial charge on any atom is 0.0597 e. The number of para-hydroxylation sites is 2. The molecule has 0 saturated carbocycles. The van der Waals surface area contributed by atoms with Crippen LogP contribution >= 0.6 is 24.6 Å². The standard InChI is InChI=1S/C11H16N2O.C8H11NS2/c1-13(6-9-7-14-8-9)11-5-3-2-4-10(11)12;1-9(2)11-8-5-3-7(10)4-6-8/h2-5,9H,6-8,12H2,1H3;3-6,10H,1-2H3. The highest BCUT2D eigenvalue weighted by Gasteiger charge is 2.20. The SMILES string of the molecule is CN(C)Sc1ccc(S)cc1.CN(CC1COC1)c1ccccc1N. The van der Waals surface area contributed by atoms with Crippen molar-refractivity contribution in [2.45, 2.75) is 9.79 Å². The fourth-order valence-electron chi connectivity index (χ4n) is 2.43. The maximum atomic E-state index is 5.88. The third kappa shape index (κ3) is 6.82. The molecular formula is C19H27N3OS2. The molecule has 1 heterocycles. The zero-order valence-corrected chi connectivity index (χ0v) is 16.8. The van der Waals surface area contributed by atoms with Gasteiger partial charge in [0.1, 0.15) is 0 Å². The van der Waals surface area contributed by atoms with Crippen LogP contribution in [0, 0.1) is 5.92 Å². The monoisotopic (exact) mass is 377 g/mol. The molecule has 2 aromatic carbocycles. The van der Waals surface area contributed by atoms with E-state index < -0.39 is 0 Å². The number of nitrogens with zero attached hydrogens (tertiary/aromatic N) is 2. The fraction of sp³-hybridized carbons (Fsp3) is 0.368. The Morgan fingerprint density at radius 3 is 2.24 bits per heavy atom. The van der Waals surface area contributed by atoms with Crippen molar-refractivity contribution in [3.8, 4) is 0 Å². The predicted molar refractivity (Wildman–Crippen MR) is 112 cm³/mol. The van der Waals surface area contributed by atoms with Gasteiger partial charge in [0.25, 0.3) is 0 Å². The summed E-state index contributed by atoms with van der Waals surface area (Å²) >= 11 is 5.91. The first kappa shape index (κ1) is 20.0. The highest BCUT2D eigenvalue weighted by atomic mass is 32.2. The minimum absolute atomic E-state index is 0.666. The molecule has 1 aliphatic heterocycles. The Bertz CT molecular complexity index is 645. The van der Waals surface area contributed by atoms with Gasteiger partial charge in [0.2, 0.25) is 0 Å². The van der Waals surface area contributed by atoms with Gasteiger partial charge in [-0.15, -0.1) is 12.6 Å². The van der Waals surface area contributed by atoms with E-state index in [9.17, 15) is 0 Å². The summed E-state index contributed by atoms with van der Waals surface area (Å²) < 4.78 is 7.21. The van der Waals surface area contributed by atoms with Crippen LogP contribution in [0.5, 0.6) is 0 Å². The van der Waals surface area contributed by atoms with E-state index in [0.717, 1.165) is 36.0 Å². The van der Waals surface area contributed by atoms with E-state index >= 15 is 0 Å². The van der Waals surface area contributed by atoms with Gasteiger partial charge in [-0.3, -0.25) is 4.31 Å². The largest absolute Gasteiger partial charge is 0.397 e. The number of nitrogens with two attached hydrogens (primary N) is 1. The van der Waals surface area contributed by atoms with Gasteiger partial charge in [0.05, 0.1) is 24.6 Å². The first-order chi connectivity index (χ1) is 12.0. The number of nitrogen functional groups attached to an aromatic ring is 1. The van der Waals surface area contributed by atoms with E-state index in [1.165, 1.54) is 4.90 Å². The van der Waals surface area contributed by atoms with Crippen LogP contribution in [0.2, 0.25) is 0 Å². The lowest BCUT2D eigenvalue weighted by Crippen LogP contribution is -2.38. The van der Waals surface area contributed by atoms with E-state index in [0.29, 0.717) is 5.92 Å². The van der Waals surface area contributed by atoms with Gasteiger partial charge in [-0.2, -0.15) is 0 Å². The molecule has 2 N–H and O–H groups in total. The average Bonchev–Trinajstić information content (AvgIpc) is 2.54. The topological polar surface area (TPSA) is 41.7 Å². The van der Waals surface area contributed by atoms with E-state index in [1.54, 1.807) is 11.9 Å². The Morgan fingerprint density at radius 2 is 1.72 bits per heavy atom. The Kier molecular flexibility index (Phi) is 7.96. The molecule has 0 aliphatic carbocycles. The zero-order chi connectivity index (χ0) is 18.2. The smallest absolute Gasteiger partial charge is 0.0597 e. The van der Waals surface area contributed by atoms with Gasteiger partial charge < -0.3 is 15.4 Å². The molecule has 4 nitrogen and oxygen atoms in total. The Labute approximate surface area is 160 Å². The van der Waals surface area contributed by atoms with E-state index in [2.05, 4.69) is 47.1 Å². The molecule has 0 atom stereocenters. The molecule has 6 heteroatoms.